The molecule has 0 bridgehead atoms. The summed E-state index contributed by atoms with van der Waals surface area (Å²) >= 11 is 0. The first-order valence-electron chi connectivity index (χ1n) is 7.71. The fourth-order valence-corrected chi connectivity index (χ4v) is 2.70. The highest BCUT2D eigenvalue weighted by atomic mass is 16.5. The first-order valence-corrected chi connectivity index (χ1v) is 7.71. The van der Waals surface area contributed by atoms with E-state index in [1.807, 2.05) is 19.1 Å². The fourth-order valence-electron chi connectivity index (χ4n) is 2.70. The Morgan fingerprint density at radius 2 is 2.00 bits per heavy atom. The van der Waals surface area contributed by atoms with Crippen molar-refractivity contribution in [2.45, 2.75) is 51.9 Å². The summed E-state index contributed by atoms with van der Waals surface area (Å²) in [5, 5.41) is 16.4. The minimum atomic E-state index is -0.391. The summed E-state index contributed by atoms with van der Waals surface area (Å²) in [6.07, 6.45) is 9.70. The van der Waals surface area contributed by atoms with Crippen molar-refractivity contribution in [2.24, 2.45) is 11.0 Å². The highest BCUT2D eigenvalue weighted by Crippen LogP contribution is 2.25. The van der Waals surface area contributed by atoms with E-state index in [-0.39, 0.29) is 5.92 Å². The minimum absolute atomic E-state index is 0.152. The van der Waals surface area contributed by atoms with Gasteiger partial charge in [0.25, 0.3) is 0 Å². The summed E-state index contributed by atoms with van der Waals surface area (Å²) in [4.78, 5) is 16.1. The van der Waals surface area contributed by atoms with Crippen molar-refractivity contribution in [1.82, 2.24) is 10.2 Å². The van der Waals surface area contributed by atoms with Crippen LogP contribution in [0.1, 0.15) is 57.4 Å². The van der Waals surface area contributed by atoms with Gasteiger partial charge in [0.2, 0.25) is 5.91 Å². The largest absolute Gasteiger partial charge is 0.735 e. The van der Waals surface area contributed by atoms with E-state index < -0.39 is 5.91 Å². The van der Waals surface area contributed by atoms with Crippen LogP contribution in [0, 0.1) is 11.1 Å². The van der Waals surface area contributed by atoms with Crippen LogP contribution in [0.3, 0.4) is 0 Å². The van der Waals surface area contributed by atoms with Crippen LogP contribution in [-0.2, 0) is 4.79 Å². The second-order valence-corrected chi connectivity index (χ2v) is 5.48. The van der Waals surface area contributed by atoms with Crippen LogP contribution in [-0.4, -0.2) is 21.8 Å². The molecule has 5 nitrogen and oxygen atoms in total. The molecule has 0 atom stereocenters. The topological polar surface area (TPSA) is 68.6 Å². The standard InChI is InChI=1S/C16H22N3O2/c1-2-6-15(13-9-11-17-12-10-13)18-19(21)16(20)14-7-4-3-5-8-14/h9-12,14H,2-8H2,1H3/q-1. The molecule has 1 aliphatic rings. The van der Waals surface area contributed by atoms with E-state index in [4.69, 9.17) is 0 Å². The number of nitrogens with zero attached hydrogens (tertiary/aromatic N) is 3. The third-order valence-electron chi connectivity index (χ3n) is 3.85. The lowest BCUT2D eigenvalue weighted by Crippen LogP contribution is -2.30. The lowest BCUT2D eigenvalue weighted by molar-refractivity contribution is -0.133. The molecule has 1 aromatic heterocycles. The maximum absolute atomic E-state index is 12.2. The average Bonchev–Trinajstić information content (AvgIpc) is 2.55. The maximum Gasteiger partial charge on any atom is 0.235 e. The molecule has 114 valence electrons. The molecule has 1 heterocycles. The van der Waals surface area contributed by atoms with Gasteiger partial charge >= 0.3 is 0 Å². The Kier molecular flexibility index (Phi) is 5.87. The minimum Gasteiger partial charge on any atom is -0.735 e. The Morgan fingerprint density at radius 3 is 2.62 bits per heavy atom. The number of hydrogen-bond donors (Lipinski definition) is 0. The molecule has 5 heteroatoms. The van der Waals surface area contributed by atoms with Gasteiger partial charge in [-0.1, -0.05) is 32.6 Å². The molecule has 1 saturated carbocycles. The number of pyridine rings is 1. The summed E-state index contributed by atoms with van der Waals surface area (Å²) < 4.78 is 0. The van der Waals surface area contributed by atoms with Gasteiger partial charge in [0.1, 0.15) is 0 Å². The number of carbonyl (C=O) groups is 1. The summed E-state index contributed by atoms with van der Waals surface area (Å²) in [5.74, 6) is -0.544. The molecule has 0 unspecified atom stereocenters. The van der Waals surface area contributed by atoms with Crippen LogP contribution in [0.25, 0.3) is 0 Å². The number of hydrogen-bond acceptors (Lipinski definition) is 4. The lowest BCUT2D eigenvalue weighted by atomic mass is 9.89. The molecule has 1 fully saturated rings. The zero-order valence-electron chi connectivity index (χ0n) is 12.5. The highest BCUT2D eigenvalue weighted by molar-refractivity contribution is 6.01. The average molecular weight is 288 g/mol. The highest BCUT2D eigenvalue weighted by Gasteiger charge is 2.22. The van der Waals surface area contributed by atoms with Crippen LogP contribution in [0.15, 0.2) is 29.6 Å². The van der Waals surface area contributed by atoms with Gasteiger partial charge in [-0.05, 0) is 31.4 Å². The molecule has 21 heavy (non-hydrogen) atoms. The Labute approximate surface area is 125 Å². The number of hydroxylamine groups is 1. The Bertz CT molecular complexity index is 482. The maximum atomic E-state index is 12.2. The van der Waals surface area contributed by atoms with Crippen LogP contribution in [0.2, 0.25) is 0 Å². The molecule has 1 amide bonds. The molecule has 2 rings (SSSR count). The van der Waals surface area contributed by atoms with Crippen LogP contribution >= 0.6 is 0 Å². The Morgan fingerprint density at radius 1 is 1.33 bits per heavy atom. The van der Waals surface area contributed by atoms with Gasteiger partial charge in [0.05, 0.1) is 5.71 Å². The first-order chi connectivity index (χ1) is 10.2. The van der Waals surface area contributed by atoms with Crippen molar-refractivity contribution in [3.05, 3.63) is 35.3 Å². The van der Waals surface area contributed by atoms with E-state index in [1.54, 1.807) is 12.4 Å². The molecule has 0 saturated heterocycles. The number of hydrazone groups is 1. The van der Waals surface area contributed by atoms with E-state index >= 15 is 0 Å². The van der Waals surface area contributed by atoms with Crippen LogP contribution in [0.4, 0.5) is 0 Å². The van der Waals surface area contributed by atoms with E-state index in [1.165, 1.54) is 0 Å². The van der Waals surface area contributed by atoms with E-state index in [2.05, 4.69) is 10.1 Å². The molecule has 0 aromatic carbocycles. The Balaban J connectivity index is 2.11. The van der Waals surface area contributed by atoms with Gasteiger partial charge < -0.3 is 10.4 Å². The van der Waals surface area contributed by atoms with E-state index in [0.717, 1.165) is 44.1 Å². The third kappa shape index (κ3) is 4.36. The number of amides is 1. The molecular formula is C16H22N3O2-. The predicted octanol–water partition coefficient (Wildman–Crippen LogP) is 3.49. The zero-order valence-corrected chi connectivity index (χ0v) is 12.5. The van der Waals surface area contributed by atoms with Crippen LogP contribution in [0.5, 0.6) is 0 Å². The molecule has 1 aliphatic carbocycles. The quantitative estimate of drug-likeness (QED) is 0.615. The summed E-state index contributed by atoms with van der Waals surface area (Å²) in [6.45, 7) is 2.02. The summed E-state index contributed by atoms with van der Waals surface area (Å²) in [5.41, 5.74) is 1.50. The molecule has 1 aromatic rings. The van der Waals surface area contributed by atoms with Crippen LogP contribution < -0.4 is 0 Å². The van der Waals surface area contributed by atoms with E-state index in [0.29, 0.717) is 17.3 Å². The SMILES string of the molecule is CCCC(=NN([O-])C(=O)C1CCCCC1)c1ccncc1. The second kappa shape index (κ2) is 7.88. The van der Waals surface area contributed by atoms with Crippen molar-refractivity contribution < 1.29 is 4.79 Å². The molecule has 0 radical (unpaired) electrons. The molecule has 0 spiro atoms. The summed E-state index contributed by atoms with van der Waals surface area (Å²) in [7, 11) is 0. The predicted molar refractivity (Wildman–Crippen MR) is 82.5 cm³/mol. The fraction of sp³-hybridized carbons (Fsp3) is 0.562. The molecular weight excluding hydrogens is 266 g/mol. The van der Waals surface area contributed by atoms with Crippen molar-refractivity contribution in [3.63, 3.8) is 0 Å². The lowest BCUT2D eigenvalue weighted by Gasteiger charge is -2.30. The number of carbonyl (C=O) groups excluding carboxylic acids is 1. The van der Waals surface area contributed by atoms with Gasteiger partial charge in [0, 0.05) is 23.9 Å². The Hall–Kier alpha value is -1.75. The molecule has 0 N–H and O–H groups in total. The van der Waals surface area contributed by atoms with Crippen molar-refractivity contribution >= 4 is 11.6 Å². The van der Waals surface area contributed by atoms with Crippen molar-refractivity contribution in [1.29, 1.82) is 0 Å². The molecule has 0 aliphatic heterocycles. The second-order valence-electron chi connectivity index (χ2n) is 5.48. The van der Waals surface area contributed by atoms with Gasteiger partial charge in [-0.2, -0.15) is 5.10 Å². The summed E-state index contributed by atoms with van der Waals surface area (Å²) in [6, 6.07) is 3.63. The number of aromatic nitrogens is 1. The van der Waals surface area contributed by atoms with Gasteiger partial charge in [-0.3, -0.25) is 9.78 Å². The van der Waals surface area contributed by atoms with Gasteiger partial charge in [-0.15, -0.1) is 0 Å². The monoisotopic (exact) mass is 288 g/mol. The van der Waals surface area contributed by atoms with Crippen molar-refractivity contribution in [3.8, 4) is 0 Å². The van der Waals surface area contributed by atoms with Gasteiger partial charge in [0.15, 0.2) is 0 Å². The van der Waals surface area contributed by atoms with E-state index in [9.17, 15) is 10.0 Å². The zero-order chi connectivity index (χ0) is 15.1. The smallest absolute Gasteiger partial charge is 0.235 e. The number of rotatable bonds is 5. The van der Waals surface area contributed by atoms with Crippen molar-refractivity contribution in [2.75, 3.05) is 0 Å². The normalized spacial score (nSPS) is 16.8. The first kappa shape index (κ1) is 15.6. The third-order valence-corrected chi connectivity index (χ3v) is 3.85. The van der Waals surface area contributed by atoms with Gasteiger partial charge in [-0.25, -0.2) is 0 Å².